The fraction of sp³-hybridized carbons (Fsp3) is 0.588. The van der Waals surface area contributed by atoms with E-state index in [1.165, 1.54) is 5.56 Å². The van der Waals surface area contributed by atoms with Crippen LogP contribution in [0, 0.1) is 0 Å². The van der Waals surface area contributed by atoms with E-state index in [9.17, 15) is 4.79 Å². The average Bonchev–Trinajstić information content (AvgIpc) is 2.86. The van der Waals surface area contributed by atoms with E-state index < -0.39 is 5.60 Å². The first kappa shape index (κ1) is 16.6. The molecule has 22 heavy (non-hydrogen) atoms. The highest BCUT2D eigenvalue weighted by Crippen LogP contribution is 2.25. The maximum atomic E-state index is 11.9. The molecule has 1 aliphatic heterocycles. The first-order valence-electron chi connectivity index (χ1n) is 7.82. The summed E-state index contributed by atoms with van der Waals surface area (Å²) in [5, 5.41) is 6.30. The van der Waals surface area contributed by atoms with Crippen LogP contribution < -0.4 is 15.4 Å². The van der Waals surface area contributed by atoms with Crippen LogP contribution in [0.4, 0.5) is 4.79 Å². The number of ether oxygens (including phenoxy) is 2. The molecule has 0 aromatic heterocycles. The molecule has 5 heteroatoms. The summed E-state index contributed by atoms with van der Waals surface area (Å²) in [5.74, 6) is 1.11. The summed E-state index contributed by atoms with van der Waals surface area (Å²) in [6.07, 6.45) is -0.364. The summed E-state index contributed by atoms with van der Waals surface area (Å²) in [5.41, 5.74) is 0.708. The highest BCUT2D eigenvalue weighted by molar-refractivity contribution is 5.68. The standard InChI is InChI=1S/C17H26N2O3/c1-5-21-13-8-6-12(7-9-13)14-10-18-11-15(14)19-16(20)22-17(2,3)4/h6-9,14-15,18H,5,10-11H2,1-4H3,(H,19,20)/t14-,15+/m0/s1. The normalized spacial score (nSPS) is 21.5. The minimum atomic E-state index is -0.481. The van der Waals surface area contributed by atoms with E-state index >= 15 is 0 Å². The van der Waals surface area contributed by atoms with Crippen LogP contribution in [-0.4, -0.2) is 37.4 Å². The van der Waals surface area contributed by atoms with E-state index in [0.29, 0.717) is 6.61 Å². The van der Waals surface area contributed by atoms with Crippen molar-refractivity contribution >= 4 is 6.09 Å². The molecule has 0 aliphatic carbocycles. The third-order valence-electron chi connectivity index (χ3n) is 3.54. The predicted octanol–water partition coefficient (Wildman–Crippen LogP) is 2.67. The second-order valence-corrected chi connectivity index (χ2v) is 6.52. The van der Waals surface area contributed by atoms with Gasteiger partial charge in [-0.25, -0.2) is 4.79 Å². The summed E-state index contributed by atoms with van der Waals surface area (Å²) >= 11 is 0. The van der Waals surface area contributed by atoms with Crippen LogP contribution in [0.2, 0.25) is 0 Å². The quantitative estimate of drug-likeness (QED) is 0.898. The molecule has 122 valence electrons. The van der Waals surface area contributed by atoms with Gasteiger partial charge >= 0.3 is 6.09 Å². The largest absolute Gasteiger partial charge is 0.494 e. The number of nitrogens with one attached hydrogen (secondary N) is 2. The number of amides is 1. The molecule has 0 spiro atoms. The van der Waals surface area contributed by atoms with Crippen molar-refractivity contribution in [1.82, 2.24) is 10.6 Å². The van der Waals surface area contributed by atoms with Crippen molar-refractivity contribution in [2.24, 2.45) is 0 Å². The Kier molecular flexibility index (Phi) is 5.29. The van der Waals surface area contributed by atoms with Crippen molar-refractivity contribution in [3.63, 3.8) is 0 Å². The molecule has 1 aromatic rings. The highest BCUT2D eigenvalue weighted by atomic mass is 16.6. The van der Waals surface area contributed by atoms with Crippen LogP contribution in [0.15, 0.2) is 24.3 Å². The van der Waals surface area contributed by atoms with Crippen LogP contribution >= 0.6 is 0 Å². The van der Waals surface area contributed by atoms with E-state index in [1.807, 2.05) is 39.8 Å². The predicted molar refractivity (Wildman–Crippen MR) is 86.4 cm³/mol. The zero-order valence-corrected chi connectivity index (χ0v) is 13.8. The molecular formula is C17H26N2O3. The monoisotopic (exact) mass is 306 g/mol. The van der Waals surface area contributed by atoms with Crippen molar-refractivity contribution < 1.29 is 14.3 Å². The first-order chi connectivity index (χ1) is 10.4. The van der Waals surface area contributed by atoms with E-state index in [1.54, 1.807) is 0 Å². The number of hydrogen-bond acceptors (Lipinski definition) is 4. The van der Waals surface area contributed by atoms with Gasteiger partial charge in [-0.2, -0.15) is 0 Å². The Bertz CT molecular complexity index is 494. The van der Waals surface area contributed by atoms with Gasteiger partial charge in [0.2, 0.25) is 0 Å². The second kappa shape index (κ2) is 7.01. The molecule has 0 saturated carbocycles. The van der Waals surface area contributed by atoms with Gasteiger partial charge in [-0.3, -0.25) is 0 Å². The summed E-state index contributed by atoms with van der Waals surface area (Å²) < 4.78 is 10.8. The van der Waals surface area contributed by atoms with Crippen molar-refractivity contribution in [3.8, 4) is 5.75 Å². The number of rotatable bonds is 4. The van der Waals surface area contributed by atoms with Crippen LogP contribution in [0.5, 0.6) is 5.75 Å². The second-order valence-electron chi connectivity index (χ2n) is 6.52. The third-order valence-corrected chi connectivity index (χ3v) is 3.54. The van der Waals surface area contributed by atoms with Gasteiger partial charge < -0.3 is 20.1 Å². The van der Waals surface area contributed by atoms with Gasteiger partial charge in [0.05, 0.1) is 12.6 Å². The fourth-order valence-corrected chi connectivity index (χ4v) is 2.62. The number of alkyl carbamates (subject to hydrolysis) is 1. The smallest absolute Gasteiger partial charge is 0.407 e. The van der Waals surface area contributed by atoms with E-state index in [2.05, 4.69) is 22.8 Å². The number of carbonyl (C=O) groups excluding carboxylic acids is 1. The van der Waals surface area contributed by atoms with Gasteiger partial charge in [-0.1, -0.05) is 12.1 Å². The Morgan fingerprint density at radius 2 is 1.95 bits per heavy atom. The summed E-state index contributed by atoms with van der Waals surface area (Å²) in [4.78, 5) is 11.9. The molecule has 2 rings (SSSR count). The third kappa shape index (κ3) is 4.63. The van der Waals surface area contributed by atoms with E-state index in [4.69, 9.17) is 9.47 Å². The Hall–Kier alpha value is -1.75. The number of benzene rings is 1. The summed E-state index contributed by atoms with van der Waals surface area (Å²) in [7, 11) is 0. The van der Waals surface area contributed by atoms with Gasteiger partial charge in [-0.05, 0) is 45.4 Å². The molecule has 1 amide bonds. The summed E-state index contributed by atoms with van der Waals surface area (Å²) in [6.45, 7) is 9.81. The maximum Gasteiger partial charge on any atom is 0.407 e. The molecule has 1 aromatic carbocycles. The van der Waals surface area contributed by atoms with Gasteiger partial charge in [0, 0.05) is 19.0 Å². The topological polar surface area (TPSA) is 59.6 Å². The van der Waals surface area contributed by atoms with Crippen LogP contribution in [0.1, 0.15) is 39.2 Å². The van der Waals surface area contributed by atoms with Crippen molar-refractivity contribution in [3.05, 3.63) is 29.8 Å². The lowest BCUT2D eigenvalue weighted by Gasteiger charge is -2.24. The lowest BCUT2D eigenvalue weighted by Crippen LogP contribution is -2.42. The lowest BCUT2D eigenvalue weighted by molar-refractivity contribution is 0.0504. The Balaban J connectivity index is 1.99. The SMILES string of the molecule is CCOc1ccc([C@@H]2CNC[C@H]2NC(=O)OC(C)(C)C)cc1. The Morgan fingerprint density at radius 3 is 2.55 bits per heavy atom. The number of hydrogen-bond donors (Lipinski definition) is 2. The molecule has 2 atom stereocenters. The molecule has 1 fully saturated rings. The van der Waals surface area contributed by atoms with Gasteiger partial charge in [0.15, 0.2) is 0 Å². The van der Waals surface area contributed by atoms with Crippen molar-refractivity contribution in [1.29, 1.82) is 0 Å². The molecule has 0 radical (unpaired) electrons. The van der Waals surface area contributed by atoms with Gasteiger partial charge in [0.1, 0.15) is 11.4 Å². The maximum absolute atomic E-state index is 11.9. The Labute approximate surface area is 132 Å². The Morgan fingerprint density at radius 1 is 1.27 bits per heavy atom. The van der Waals surface area contributed by atoms with Crippen molar-refractivity contribution in [2.45, 2.75) is 45.3 Å². The molecule has 2 N–H and O–H groups in total. The van der Waals surface area contributed by atoms with Gasteiger partial charge in [-0.15, -0.1) is 0 Å². The molecule has 0 bridgehead atoms. The first-order valence-corrected chi connectivity index (χ1v) is 7.82. The molecule has 0 unspecified atom stereocenters. The minimum absolute atomic E-state index is 0.0350. The zero-order chi connectivity index (χ0) is 16.2. The fourth-order valence-electron chi connectivity index (χ4n) is 2.62. The zero-order valence-electron chi connectivity index (χ0n) is 13.8. The highest BCUT2D eigenvalue weighted by Gasteiger charge is 2.31. The van der Waals surface area contributed by atoms with Gasteiger partial charge in [0.25, 0.3) is 0 Å². The molecule has 1 saturated heterocycles. The average molecular weight is 306 g/mol. The van der Waals surface area contributed by atoms with E-state index in [-0.39, 0.29) is 18.1 Å². The minimum Gasteiger partial charge on any atom is -0.494 e. The van der Waals surface area contributed by atoms with Crippen LogP contribution in [0.25, 0.3) is 0 Å². The molecule has 1 heterocycles. The molecular weight excluding hydrogens is 280 g/mol. The molecule has 1 aliphatic rings. The summed E-state index contributed by atoms with van der Waals surface area (Å²) in [6, 6.07) is 8.11. The van der Waals surface area contributed by atoms with E-state index in [0.717, 1.165) is 18.8 Å². The van der Waals surface area contributed by atoms with Crippen LogP contribution in [-0.2, 0) is 4.74 Å². The number of carbonyl (C=O) groups is 1. The lowest BCUT2D eigenvalue weighted by atomic mass is 9.94. The van der Waals surface area contributed by atoms with Crippen molar-refractivity contribution in [2.75, 3.05) is 19.7 Å². The molecule has 5 nitrogen and oxygen atoms in total. The van der Waals surface area contributed by atoms with Crippen LogP contribution in [0.3, 0.4) is 0 Å².